The van der Waals surface area contributed by atoms with Crippen LogP contribution in [0.25, 0.3) is 9.75 Å². The molecule has 0 aromatic carbocycles. The second-order valence-electron chi connectivity index (χ2n) is 14.5. The first kappa shape index (κ1) is 41.2. The minimum absolute atomic E-state index is 0.336. The van der Waals surface area contributed by atoms with Crippen molar-refractivity contribution in [2.45, 2.75) is 177 Å². The Bertz CT molecular complexity index is 947. The molecular weight excluding hydrogens is 577 g/mol. The van der Waals surface area contributed by atoms with Crippen molar-refractivity contribution in [3.05, 3.63) is 28.5 Å². The molecule has 2 rings (SSSR count). The van der Waals surface area contributed by atoms with Crippen LogP contribution in [0.15, 0.2) is 22.9 Å². The Morgan fingerprint density at radius 1 is 0.591 bits per heavy atom. The fraction of sp³-hybridized carbons (Fsp3) is 0.800. The monoisotopic (exact) mass is 648 g/mol. The predicted molar refractivity (Wildman–Crippen MR) is 200 cm³/mol. The zero-order valence-electron chi connectivity index (χ0n) is 30.4. The number of aromatic hydroxyl groups is 1. The lowest BCUT2D eigenvalue weighted by molar-refractivity contribution is 0.00748. The van der Waals surface area contributed by atoms with Crippen molar-refractivity contribution < 1.29 is 10.2 Å². The average Bonchev–Trinajstić information content (AvgIpc) is 3.65. The number of unbranched alkanes of at least 4 members (excludes halogenated alkanes) is 2. The fourth-order valence-corrected chi connectivity index (χ4v) is 8.48. The Balaban J connectivity index is 0.00000474. The number of thiophene rings is 2. The Kier molecular flexibility index (Phi) is 22.0. The lowest BCUT2D eigenvalue weighted by Gasteiger charge is -2.31. The van der Waals surface area contributed by atoms with Crippen LogP contribution in [-0.4, -0.2) is 10.2 Å². The van der Waals surface area contributed by atoms with Gasteiger partial charge >= 0.3 is 0 Å². The quantitative estimate of drug-likeness (QED) is 0.111. The van der Waals surface area contributed by atoms with Crippen molar-refractivity contribution in [1.29, 1.82) is 0 Å². The molecule has 0 radical (unpaired) electrons. The highest BCUT2D eigenvalue weighted by Crippen LogP contribution is 2.47. The van der Waals surface area contributed by atoms with E-state index in [1.165, 1.54) is 83.5 Å². The molecule has 2 heterocycles. The van der Waals surface area contributed by atoms with Crippen LogP contribution in [0.3, 0.4) is 0 Å². The molecule has 0 saturated heterocycles. The molecule has 4 heteroatoms. The third kappa shape index (κ3) is 16.1. The predicted octanol–water partition coefficient (Wildman–Crippen LogP) is 14.2. The first-order valence-electron chi connectivity index (χ1n) is 18.6. The Labute approximate surface area is 282 Å². The van der Waals surface area contributed by atoms with E-state index in [1.54, 1.807) is 28.7 Å². The van der Waals surface area contributed by atoms with Gasteiger partial charge < -0.3 is 10.2 Å². The molecule has 0 fully saturated rings. The van der Waals surface area contributed by atoms with Gasteiger partial charge in [0.05, 0.1) is 15.4 Å². The van der Waals surface area contributed by atoms with Gasteiger partial charge in [0, 0.05) is 5.56 Å². The van der Waals surface area contributed by atoms with Gasteiger partial charge in [-0.05, 0) is 78.2 Å². The summed E-state index contributed by atoms with van der Waals surface area (Å²) in [7, 11) is 0. The van der Waals surface area contributed by atoms with E-state index < -0.39 is 5.60 Å². The number of aliphatic hydroxyl groups is 1. The molecule has 2 aromatic rings. The van der Waals surface area contributed by atoms with Crippen molar-refractivity contribution in [1.82, 2.24) is 0 Å². The van der Waals surface area contributed by atoms with Crippen molar-refractivity contribution >= 4 is 22.7 Å². The van der Waals surface area contributed by atoms with Crippen LogP contribution in [0.5, 0.6) is 5.75 Å². The van der Waals surface area contributed by atoms with Crippen LogP contribution >= 0.6 is 22.7 Å². The van der Waals surface area contributed by atoms with E-state index in [2.05, 4.69) is 59.9 Å². The Morgan fingerprint density at radius 3 is 1.48 bits per heavy atom. The summed E-state index contributed by atoms with van der Waals surface area (Å²) >= 11 is 3.23. The fourth-order valence-electron chi connectivity index (χ4n) is 6.51. The van der Waals surface area contributed by atoms with Gasteiger partial charge in [0.15, 0.2) is 0 Å². The molecular formula is C40H72O2S2. The summed E-state index contributed by atoms with van der Waals surface area (Å²) in [6.45, 7) is 20.6. The Morgan fingerprint density at radius 2 is 1.02 bits per heavy atom. The maximum Gasteiger partial charge on any atom is 0.135 e. The topological polar surface area (TPSA) is 40.5 Å². The molecule has 0 saturated carbocycles. The molecule has 0 aliphatic heterocycles. The molecule has 0 amide bonds. The maximum atomic E-state index is 12.4. The van der Waals surface area contributed by atoms with E-state index >= 15 is 0 Å². The van der Waals surface area contributed by atoms with Crippen LogP contribution in [0.1, 0.15) is 177 Å². The normalized spacial score (nSPS) is 15.8. The first-order chi connectivity index (χ1) is 21.1. The molecule has 0 bridgehead atoms. The molecule has 2 aromatic heterocycles. The van der Waals surface area contributed by atoms with Crippen LogP contribution in [0.4, 0.5) is 0 Å². The van der Waals surface area contributed by atoms with Gasteiger partial charge in [0.25, 0.3) is 0 Å². The first-order valence-corrected chi connectivity index (χ1v) is 20.4. The molecule has 0 aliphatic rings. The van der Waals surface area contributed by atoms with Gasteiger partial charge in [-0.15, -0.1) is 22.7 Å². The summed E-state index contributed by atoms with van der Waals surface area (Å²) in [6, 6.07) is 3.91. The smallest absolute Gasteiger partial charge is 0.135 e. The average molecular weight is 649 g/mol. The molecule has 5 unspecified atom stereocenters. The summed E-state index contributed by atoms with van der Waals surface area (Å²) in [4.78, 5) is 1.96. The van der Waals surface area contributed by atoms with E-state index in [0.717, 1.165) is 58.8 Å². The summed E-state index contributed by atoms with van der Waals surface area (Å²) in [5.74, 6) is 4.03. The molecule has 0 spiro atoms. The standard InChI is InChI=1S/C38H66O2S2.C2H6/c1-8-9-10-15-30(4)17-12-19-32(6)21-25-38(40,34-23-27-41-36(34)37-35(39)24-28-42-37)26-22-33(7)20-13-18-31(5)16-11-14-29(2)3;1-2/h23-24,27-33,39-40H,8-22,25-26H2,1-7H3;1-2H3. The van der Waals surface area contributed by atoms with Crippen LogP contribution in [0, 0.1) is 29.6 Å². The van der Waals surface area contributed by atoms with Crippen molar-refractivity contribution in [3.8, 4) is 15.5 Å². The van der Waals surface area contributed by atoms with Gasteiger partial charge in [0.1, 0.15) is 5.75 Å². The molecule has 256 valence electrons. The van der Waals surface area contributed by atoms with Crippen LogP contribution < -0.4 is 0 Å². The molecule has 0 aliphatic carbocycles. The van der Waals surface area contributed by atoms with E-state index in [0.29, 0.717) is 17.6 Å². The van der Waals surface area contributed by atoms with Gasteiger partial charge in [-0.3, -0.25) is 0 Å². The SMILES string of the molecule is CC.CCCCCC(C)CCCC(C)CCC(O)(CCC(C)CCCC(C)CCCC(C)C)c1ccsc1-c1sccc1O. The summed E-state index contributed by atoms with van der Waals surface area (Å²) < 4.78 is 0. The number of rotatable bonds is 24. The highest BCUT2D eigenvalue weighted by atomic mass is 32.1. The van der Waals surface area contributed by atoms with E-state index in [-0.39, 0.29) is 0 Å². The van der Waals surface area contributed by atoms with Gasteiger partial charge in [-0.2, -0.15) is 0 Å². The zero-order chi connectivity index (χ0) is 33.0. The third-order valence-electron chi connectivity index (χ3n) is 9.69. The summed E-state index contributed by atoms with van der Waals surface area (Å²) in [5.41, 5.74) is 0.194. The van der Waals surface area contributed by atoms with E-state index in [4.69, 9.17) is 0 Å². The largest absolute Gasteiger partial charge is 0.506 e. The lowest BCUT2D eigenvalue weighted by Crippen LogP contribution is -2.27. The minimum Gasteiger partial charge on any atom is -0.506 e. The highest BCUT2D eigenvalue weighted by molar-refractivity contribution is 7.20. The Hall–Kier alpha value is -0.840. The van der Waals surface area contributed by atoms with Gasteiger partial charge in [-0.1, -0.05) is 146 Å². The lowest BCUT2D eigenvalue weighted by atomic mass is 9.80. The number of hydrogen-bond acceptors (Lipinski definition) is 4. The van der Waals surface area contributed by atoms with Crippen molar-refractivity contribution in [2.24, 2.45) is 29.6 Å². The van der Waals surface area contributed by atoms with E-state index in [9.17, 15) is 10.2 Å². The molecule has 44 heavy (non-hydrogen) atoms. The summed E-state index contributed by atoms with van der Waals surface area (Å²) in [6.07, 6.45) is 20.9. The van der Waals surface area contributed by atoms with Crippen molar-refractivity contribution in [3.63, 3.8) is 0 Å². The van der Waals surface area contributed by atoms with Crippen LogP contribution in [0.2, 0.25) is 0 Å². The summed E-state index contributed by atoms with van der Waals surface area (Å²) in [5, 5.41) is 26.9. The van der Waals surface area contributed by atoms with Crippen molar-refractivity contribution in [2.75, 3.05) is 0 Å². The zero-order valence-corrected chi connectivity index (χ0v) is 32.1. The van der Waals surface area contributed by atoms with Gasteiger partial charge in [-0.25, -0.2) is 0 Å². The molecule has 2 N–H and O–H groups in total. The number of hydrogen-bond donors (Lipinski definition) is 2. The second kappa shape index (κ2) is 23.5. The molecule has 5 atom stereocenters. The second-order valence-corrected chi connectivity index (χ2v) is 16.3. The maximum absolute atomic E-state index is 12.4. The highest BCUT2D eigenvalue weighted by Gasteiger charge is 2.34. The van der Waals surface area contributed by atoms with E-state index in [1.807, 2.05) is 19.2 Å². The molecule has 2 nitrogen and oxygen atoms in total. The van der Waals surface area contributed by atoms with Crippen LogP contribution in [-0.2, 0) is 5.60 Å². The third-order valence-corrected chi connectivity index (χ3v) is 11.7. The minimum atomic E-state index is -0.841. The van der Waals surface area contributed by atoms with Gasteiger partial charge in [0.2, 0.25) is 0 Å².